The molecule has 0 aromatic carbocycles. The van der Waals surface area contributed by atoms with Gasteiger partial charge in [0.2, 0.25) is 5.91 Å². The second-order valence-electron chi connectivity index (χ2n) is 6.74. The van der Waals surface area contributed by atoms with Crippen LogP contribution in [-0.4, -0.2) is 55.3 Å². The zero-order valence-corrected chi connectivity index (χ0v) is 17.4. The number of aromatic nitrogens is 2. The van der Waals surface area contributed by atoms with Gasteiger partial charge in [0.25, 0.3) is 0 Å². The number of fused-ring (bicyclic) bond motifs is 1. The molecule has 3 aromatic rings. The van der Waals surface area contributed by atoms with E-state index in [1.807, 2.05) is 0 Å². The van der Waals surface area contributed by atoms with Crippen LogP contribution in [0.5, 0.6) is 0 Å². The standard InChI is InChI=1S/C19H23N5O2S2/c1-13(25)20-4-5-21-18-17-14(15-3-2-10-27-15)12-28-19(17)23-16(22-18)11-24-6-8-26-9-7-24/h2-3,10,12H,4-9,11H2,1H3,(H,20,25)(H,21,22,23)/p+1. The van der Waals surface area contributed by atoms with E-state index in [9.17, 15) is 4.79 Å². The van der Waals surface area contributed by atoms with Gasteiger partial charge in [-0.3, -0.25) is 4.79 Å². The minimum Gasteiger partial charge on any atom is -0.370 e. The lowest BCUT2D eigenvalue weighted by Gasteiger charge is -2.23. The lowest BCUT2D eigenvalue weighted by atomic mass is 10.2. The molecule has 0 aliphatic carbocycles. The molecule has 1 amide bonds. The number of thiophene rings is 2. The largest absolute Gasteiger partial charge is 0.370 e. The number of hydrogen-bond acceptors (Lipinski definition) is 7. The van der Waals surface area contributed by atoms with Crippen LogP contribution >= 0.6 is 22.7 Å². The van der Waals surface area contributed by atoms with Gasteiger partial charge in [0.1, 0.15) is 30.3 Å². The van der Waals surface area contributed by atoms with Gasteiger partial charge < -0.3 is 20.3 Å². The summed E-state index contributed by atoms with van der Waals surface area (Å²) in [6.45, 7) is 7.06. The number of amides is 1. The fourth-order valence-electron chi connectivity index (χ4n) is 3.29. The van der Waals surface area contributed by atoms with E-state index in [0.717, 1.165) is 54.7 Å². The third kappa shape index (κ3) is 4.49. The molecule has 1 fully saturated rings. The Kier molecular flexibility index (Phi) is 6.16. The second-order valence-corrected chi connectivity index (χ2v) is 8.55. The van der Waals surface area contributed by atoms with Crippen LogP contribution in [0.2, 0.25) is 0 Å². The minimum absolute atomic E-state index is 0.0268. The van der Waals surface area contributed by atoms with E-state index >= 15 is 0 Å². The van der Waals surface area contributed by atoms with Crippen molar-refractivity contribution in [3.05, 3.63) is 28.7 Å². The maximum atomic E-state index is 11.1. The number of carbonyl (C=O) groups excluding carboxylic acids is 1. The van der Waals surface area contributed by atoms with Gasteiger partial charge in [0, 0.05) is 35.8 Å². The topological polar surface area (TPSA) is 80.6 Å². The maximum absolute atomic E-state index is 11.1. The molecule has 0 unspecified atom stereocenters. The van der Waals surface area contributed by atoms with Crippen molar-refractivity contribution in [1.82, 2.24) is 15.3 Å². The number of nitrogens with one attached hydrogen (secondary N) is 3. The van der Waals surface area contributed by atoms with Crippen molar-refractivity contribution in [1.29, 1.82) is 0 Å². The van der Waals surface area contributed by atoms with Crippen molar-refractivity contribution >= 4 is 44.6 Å². The van der Waals surface area contributed by atoms with Crippen LogP contribution in [0.1, 0.15) is 12.7 Å². The first kappa shape index (κ1) is 19.3. The Morgan fingerprint density at radius 2 is 2.11 bits per heavy atom. The van der Waals surface area contributed by atoms with Crippen LogP contribution in [0.15, 0.2) is 22.9 Å². The number of hydrogen-bond donors (Lipinski definition) is 3. The van der Waals surface area contributed by atoms with Gasteiger partial charge >= 0.3 is 0 Å². The summed E-state index contributed by atoms with van der Waals surface area (Å²) < 4.78 is 5.46. The number of nitrogens with zero attached hydrogens (tertiary/aromatic N) is 2. The van der Waals surface area contributed by atoms with Crippen molar-refractivity contribution in [2.45, 2.75) is 13.5 Å². The highest BCUT2D eigenvalue weighted by Gasteiger charge is 2.20. The third-order valence-electron chi connectivity index (χ3n) is 4.67. The highest BCUT2D eigenvalue weighted by atomic mass is 32.1. The van der Waals surface area contributed by atoms with Crippen LogP contribution in [-0.2, 0) is 16.1 Å². The highest BCUT2D eigenvalue weighted by Crippen LogP contribution is 2.38. The van der Waals surface area contributed by atoms with Crippen LogP contribution in [0.25, 0.3) is 20.7 Å². The SMILES string of the molecule is CC(=O)NCCNc1nc(C[NH+]2CCOCC2)nc2scc(-c3cccs3)c12. The first-order valence-electron chi connectivity index (χ1n) is 9.42. The molecular formula is C19H24N5O2S2+. The molecular weight excluding hydrogens is 394 g/mol. The monoisotopic (exact) mass is 418 g/mol. The van der Waals surface area contributed by atoms with Gasteiger partial charge in [-0.05, 0) is 11.4 Å². The van der Waals surface area contributed by atoms with E-state index in [0.29, 0.717) is 13.1 Å². The number of quaternary nitrogens is 1. The summed E-state index contributed by atoms with van der Waals surface area (Å²) in [5, 5.41) is 11.6. The van der Waals surface area contributed by atoms with Crippen molar-refractivity contribution < 1.29 is 14.4 Å². The van der Waals surface area contributed by atoms with Crippen molar-refractivity contribution in [2.75, 3.05) is 44.7 Å². The summed E-state index contributed by atoms with van der Waals surface area (Å²) in [7, 11) is 0. The van der Waals surface area contributed by atoms with Crippen LogP contribution in [0.3, 0.4) is 0 Å². The molecule has 0 bridgehead atoms. The average molecular weight is 419 g/mol. The Morgan fingerprint density at radius 3 is 2.86 bits per heavy atom. The molecule has 1 aliphatic rings. The Bertz CT molecular complexity index is 935. The molecule has 4 rings (SSSR count). The fraction of sp³-hybridized carbons (Fsp3) is 0.421. The summed E-state index contributed by atoms with van der Waals surface area (Å²) in [4.78, 5) is 24.5. The van der Waals surface area contributed by atoms with Crippen LogP contribution in [0, 0.1) is 0 Å². The molecule has 0 spiro atoms. The smallest absolute Gasteiger partial charge is 0.216 e. The third-order valence-corrected chi connectivity index (χ3v) is 6.44. The van der Waals surface area contributed by atoms with Gasteiger partial charge in [-0.15, -0.1) is 22.7 Å². The first-order chi connectivity index (χ1) is 13.7. The number of ether oxygens (including phenoxy) is 1. The van der Waals surface area contributed by atoms with Crippen LogP contribution < -0.4 is 15.5 Å². The molecule has 1 saturated heterocycles. The second kappa shape index (κ2) is 8.95. The van der Waals surface area contributed by atoms with Crippen molar-refractivity contribution in [2.24, 2.45) is 0 Å². The molecule has 7 nitrogen and oxygen atoms in total. The molecule has 9 heteroatoms. The summed E-state index contributed by atoms with van der Waals surface area (Å²) in [6, 6.07) is 4.18. The Morgan fingerprint density at radius 1 is 1.25 bits per heavy atom. The van der Waals surface area contributed by atoms with Gasteiger partial charge in [-0.2, -0.15) is 0 Å². The molecule has 0 radical (unpaired) electrons. The van der Waals surface area contributed by atoms with Gasteiger partial charge in [0.15, 0.2) is 5.82 Å². The summed E-state index contributed by atoms with van der Waals surface area (Å²) in [5.74, 6) is 1.68. The first-order valence-corrected chi connectivity index (χ1v) is 11.2. The van der Waals surface area contributed by atoms with E-state index in [1.54, 1.807) is 22.7 Å². The molecule has 0 saturated carbocycles. The van der Waals surface area contributed by atoms with E-state index in [4.69, 9.17) is 14.7 Å². The number of morpholine rings is 1. The predicted molar refractivity (Wildman–Crippen MR) is 113 cm³/mol. The lowest BCUT2D eigenvalue weighted by Crippen LogP contribution is -3.12. The summed E-state index contributed by atoms with van der Waals surface area (Å²) in [5.41, 5.74) is 1.17. The fourth-order valence-corrected chi connectivity index (χ4v) is 5.07. The average Bonchev–Trinajstić information content (AvgIpc) is 3.35. The van der Waals surface area contributed by atoms with E-state index < -0.39 is 0 Å². The molecule has 3 N–H and O–H groups in total. The maximum Gasteiger partial charge on any atom is 0.216 e. The molecule has 148 valence electrons. The summed E-state index contributed by atoms with van der Waals surface area (Å²) in [6.07, 6.45) is 0. The zero-order chi connectivity index (χ0) is 19.3. The van der Waals surface area contributed by atoms with Crippen molar-refractivity contribution in [3.8, 4) is 10.4 Å². The van der Waals surface area contributed by atoms with E-state index in [2.05, 4.69) is 33.5 Å². The minimum atomic E-state index is -0.0268. The number of carbonyl (C=O) groups is 1. The van der Waals surface area contributed by atoms with Crippen molar-refractivity contribution in [3.63, 3.8) is 0 Å². The molecule has 1 aliphatic heterocycles. The Hall–Kier alpha value is -2.07. The quantitative estimate of drug-likeness (QED) is 0.505. The zero-order valence-electron chi connectivity index (χ0n) is 15.8. The van der Waals surface area contributed by atoms with Crippen LogP contribution in [0.4, 0.5) is 5.82 Å². The lowest BCUT2D eigenvalue weighted by molar-refractivity contribution is -0.922. The normalized spacial score (nSPS) is 15.0. The molecule has 28 heavy (non-hydrogen) atoms. The molecule has 0 atom stereocenters. The van der Waals surface area contributed by atoms with Gasteiger partial charge in [-0.25, -0.2) is 9.97 Å². The van der Waals surface area contributed by atoms with Gasteiger partial charge in [-0.1, -0.05) is 6.07 Å². The molecule has 3 aromatic heterocycles. The predicted octanol–water partition coefficient (Wildman–Crippen LogP) is 1.38. The number of anilines is 1. The summed E-state index contributed by atoms with van der Waals surface area (Å²) >= 11 is 3.38. The number of rotatable bonds is 7. The Labute approximate surface area is 171 Å². The molecule has 4 heterocycles. The van der Waals surface area contributed by atoms with E-state index in [-0.39, 0.29) is 5.91 Å². The van der Waals surface area contributed by atoms with E-state index in [1.165, 1.54) is 22.3 Å². The van der Waals surface area contributed by atoms with Gasteiger partial charge in [0.05, 0.1) is 18.6 Å². The Balaban J connectivity index is 1.63. The highest BCUT2D eigenvalue weighted by molar-refractivity contribution is 7.18.